The predicted octanol–water partition coefficient (Wildman–Crippen LogP) is 2.67. The summed E-state index contributed by atoms with van der Waals surface area (Å²) in [5.41, 5.74) is 0.0196. The van der Waals surface area contributed by atoms with E-state index in [1.54, 1.807) is 17.2 Å². The molecule has 1 aromatic heterocycles. The molecule has 0 saturated carbocycles. The third-order valence-corrected chi connectivity index (χ3v) is 3.35. The highest BCUT2D eigenvalue weighted by Gasteiger charge is 2.31. The zero-order valence-electron chi connectivity index (χ0n) is 13.0. The first-order chi connectivity index (χ1) is 9.78. The van der Waals surface area contributed by atoms with Crippen LogP contribution in [0.3, 0.4) is 0 Å². The number of amides is 1. The van der Waals surface area contributed by atoms with Crippen LogP contribution >= 0.6 is 0 Å². The molecule has 5 nitrogen and oxygen atoms in total. The fraction of sp³-hybridized carbons (Fsp3) is 0.600. The molecule has 21 heavy (non-hydrogen) atoms. The molecule has 1 aliphatic rings. The Balaban J connectivity index is 2.03. The van der Waals surface area contributed by atoms with Crippen molar-refractivity contribution < 1.29 is 13.9 Å². The third kappa shape index (κ3) is 3.83. The smallest absolute Gasteiger partial charge is 0.410 e. The molecule has 0 N–H and O–H groups in total. The summed E-state index contributed by atoms with van der Waals surface area (Å²) in [5.74, 6) is -0.338. The van der Waals surface area contributed by atoms with Gasteiger partial charge in [-0.05, 0) is 33.8 Å². The average Bonchev–Trinajstić information content (AvgIpc) is 2.37. The van der Waals surface area contributed by atoms with Crippen molar-refractivity contribution in [3.05, 3.63) is 24.3 Å². The second-order valence-electron chi connectivity index (χ2n) is 6.30. The van der Waals surface area contributed by atoms with E-state index in [-0.39, 0.29) is 18.0 Å². The van der Waals surface area contributed by atoms with Crippen molar-refractivity contribution in [2.45, 2.75) is 39.3 Å². The Morgan fingerprint density at radius 3 is 2.71 bits per heavy atom. The first kappa shape index (κ1) is 15.5. The lowest BCUT2D eigenvalue weighted by atomic mass is 10.1. The van der Waals surface area contributed by atoms with E-state index in [0.717, 1.165) is 0 Å². The number of hydrogen-bond donors (Lipinski definition) is 0. The summed E-state index contributed by atoms with van der Waals surface area (Å²) in [6, 6.07) is 1.62. The van der Waals surface area contributed by atoms with Crippen LogP contribution in [0.4, 0.5) is 14.9 Å². The van der Waals surface area contributed by atoms with E-state index in [0.29, 0.717) is 25.3 Å². The second-order valence-corrected chi connectivity index (χ2v) is 6.30. The van der Waals surface area contributed by atoms with Gasteiger partial charge in [0.2, 0.25) is 0 Å². The van der Waals surface area contributed by atoms with E-state index in [2.05, 4.69) is 4.98 Å². The van der Waals surface area contributed by atoms with Crippen molar-refractivity contribution in [3.63, 3.8) is 0 Å². The number of anilines is 1. The number of pyridine rings is 1. The lowest BCUT2D eigenvalue weighted by Gasteiger charge is -2.41. The number of halogens is 1. The van der Waals surface area contributed by atoms with Gasteiger partial charge in [-0.1, -0.05) is 0 Å². The molecule has 1 amide bonds. The highest BCUT2D eigenvalue weighted by atomic mass is 19.1. The Labute approximate surface area is 124 Å². The van der Waals surface area contributed by atoms with Gasteiger partial charge in [0.05, 0.1) is 11.9 Å². The van der Waals surface area contributed by atoms with Crippen LogP contribution in [0.25, 0.3) is 0 Å². The Morgan fingerprint density at radius 1 is 1.43 bits per heavy atom. The van der Waals surface area contributed by atoms with Gasteiger partial charge in [0.15, 0.2) is 5.82 Å². The molecule has 0 spiro atoms. The molecule has 1 atom stereocenters. The molecule has 0 aliphatic carbocycles. The topological polar surface area (TPSA) is 45.7 Å². The van der Waals surface area contributed by atoms with Crippen molar-refractivity contribution in [3.8, 4) is 0 Å². The van der Waals surface area contributed by atoms with E-state index in [1.807, 2.05) is 32.6 Å². The highest BCUT2D eigenvalue weighted by Crippen LogP contribution is 2.22. The van der Waals surface area contributed by atoms with Gasteiger partial charge in [-0.3, -0.25) is 4.98 Å². The van der Waals surface area contributed by atoms with Crippen LogP contribution in [-0.4, -0.2) is 47.3 Å². The quantitative estimate of drug-likeness (QED) is 0.799. The molecule has 1 aliphatic heterocycles. The molecular weight excluding hydrogens is 273 g/mol. The molecule has 0 aromatic carbocycles. The molecule has 116 valence electrons. The first-order valence-corrected chi connectivity index (χ1v) is 7.12. The van der Waals surface area contributed by atoms with Crippen LogP contribution in [-0.2, 0) is 4.74 Å². The molecule has 2 heterocycles. The summed E-state index contributed by atoms with van der Waals surface area (Å²) in [5, 5.41) is 0. The van der Waals surface area contributed by atoms with E-state index >= 15 is 0 Å². The van der Waals surface area contributed by atoms with Crippen molar-refractivity contribution >= 4 is 11.8 Å². The number of carbonyl (C=O) groups excluding carboxylic acids is 1. The average molecular weight is 295 g/mol. The zero-order chi connectivity index (χ0) is 15.6. The highest BCUT2D eigenvalue weighted by molar-refractivity contribution is 5.69. The molecule has 1 saturated heterocycles. The maximum absolute atomic E-state index is 13.8. The van der Waals surface area contributed by atoms with Crippen LogP contribution in [0.15, 0.2) is 18.5 Å². The van der Waals surface area contributed by atoms with Crippen molar-refractivity contribution in [1.29, 1.82) is 0 Å². The van der Waals surface area contributed by atoms with Gasteiger partial charge < -0.3 is 14.5 Å². The Morgan fingerprint density at radius 2 is 2.14 bits per heavy atom. The fourth-order valence-corrected chi connectivity index (χ4v) is 2.39. The maximum Gasteiger partial charge on any atom is 0.410 e. The maximum atomic E-state index is 13.8. The minimum Gasteiger partial charge on any atom is -0.444 e. The minimum absolute atomic E-state index is 0.0406. The number of aromatic nitrogens is 1. The minimum atomic E-state index is -0.509. The van der Waals surface area contributed by atoms with Gasteiger partial charge in [-0.2, -0.15) is 0 Å². The van der Waals surface area contributed by atoms with Gasteiger partial charge >= 0.3 is 6.09 Å². The number of ether oxygens (including phenoxy) is 1. The van der Waals surface area contributed by atoms with E-state index in [4.69, 9.17) is 4.74 Å². The molecule has 0 bridgehead atoms. The molecule has 0 radical (unpaired) electrons. The van der Waals surface area contributed by atoms with Crippen LogP contribution < -0.4 is 4.90 Å². The normalized spacial score (nSPS) is 19.6. The van der Waals surface area contributed by atoms with Gasteiger partial charge in [0.25, 0.3) is 0 Å². The number of piperazine rings is 1. The summed E-state index contributed by atoms with van der Waals surface area (Å²) in [7, 11) is 0. The predicted molar refractivity (Wildman–Crippen MR) is 78.8 cm³/mol. The van der Waals surface area contributed by atoms with Crippen molar-refractivity contribution in [2.75, 3.05) is 24.5 Å². The monoisotopic (exact) mass is 295 g/mol. The lowest BCUT2D eigenvalue weighted by molar-refractivity contribution is 0.0159. The molecule has 2 rings (SSSR count). The first-order valence-electron chi connectivity index (χ1n) is 7.12. The fourth-order valence-electron chi connectivity index (χ4n) is 2.39. The van der Waals surface area contributed by atoms with Crippen molar-refractivity contribution in [2.24, 2.45) is 0 Å². The van der Waals surface area contributed by atoms with Crippen LogP contribution in [0.1, 0.15) is 27.7 Å². The van der Waals surface area contributed by atoms with Gasteiger partial charge in [-0.25, -0.2) is 9.18 Å². The molecule has 1 fully saturated rings. The molecular formula is C15H22FN3O2. The SMILES string of the molecule is CC1CN(c2ccncc2F)CCN1C(=O)OC(C)(C)C. The van der Waals surface area contributed by atoms with E-state index < -0.39 is 5.60 Å². The summed E-state index contributed by atoms with van der Waals surface area (Å²) in [6.07, 6.45) is 2.47. The molecule has 1 aromatic rings. The summed E-state index contributed by atoms with van der Waals surface area (Å²) < 4.78 is 19.2. The van der Waals surface area contributed by atoms with Gasteiger partial charge in [0, 0.05) is 31.9 Å². The largest absolute Gasteiger partial charge is 0.444 e. The lowest BCUT2D eigenvalue weighted by Crippen LogP contribution is -2.55. The Hall–Kier alpha value is -1.85. The third-order valence-electron chi connectivity index (χ3n) is 3.35. The number of nitrogens with zero attached hydrogens (tertiary/aromatic N) is 3. The summed E-state index contributed by atoms with van der Waals surface area (Å²) in [6.45, 7) is 9.13. The molecule has 1 unspecified atom stereocenters. The Kier molecular flexibility index (Phi) is 4.34. The van der Waals surface area contributed by atoms with Crippen molar-refractivity contribution in [1.82, 2.24) is 9.88 Å². The standard InChI is InChI=1S/C15H22FN3O2/c1-11-10-18(13-5-6-17-9-12(13)16)7-8-19(11)14(20)21-15(2,3)4/h5-6,9,11H,7-8,10H2,1-4H3. The van der Waals surface area contributed by atoms with Gasteiger partial charge in [0.1, 0.15) is 5.60 Å². The summed E-state index contributed by atoms with van der Waals surface area (Å²) in [4.78, 5) is 19.5. The van der Waals surface area contributed by atoms with Crippen LogP contribution in [0.2, 0.25) is 0 Å². The van der Waals surface area contributed by atoms with E-state index in [1.165, 1.54) is 6.20 Å². The Bertz CT molecular complexity index is 516. The zero-order valence-corrected chi connectivity index (χ0v) is 13.0. The summed E-state index contributed by atoms with van der Waals surface area (Å²) >= 11 is 0. The second kappa shape index (κ2) is 5.87. The molecule has 6 heteroatoms. The van der Waals surface area contributed by atoms with Gasteiger partial charge in [-0.15, -0.1) is 0 Å². The number of hydrogen-bond acceptors (Lipinski definition) is 4. The van der Waals surface area contributed by atoms with Crippen LogP contribution in [0, 0.1) is 5.82 Å². The van der Waals surface area contributed by atoms with Crippen LogP contribution in [0.5, 0.6) is 0 Å². The number of rotatable bonds is 1. The van der Waals surface area contributed by atoms with E-state index in [9.17, 15) is 9.18 Å². The number of carbonyl (C=O) groups is 1.